The third-order valence-electron chi connectivity index (χ3n) is 4.65. The highest BCUT2D eigenvalue weighted by molar-refractivity contribution is 9.10. The number of ether oxygens (including phenoxy) is 2. The number of nitrogens with one attached hydrogen (secondary N) is 1. The van der Waals surface area contributed by atoms with E-state index in [1.165, 1.54) is 0 Å². The van der Waals surface area contributed by atoms with Crippen molar-refractivity contribution in [3.05, 3.63) is 46.9 Å². The van der Waals surface area contributed by atoms with Crippen molar-refractivity contribution in [2.45, 2.75) is 12.8 Å². The minimum absolute atomic E-state index is 0.0452. The zero-order chi connectivity index (χ0) is 18.8. The molecule has 2 heterocycles. The molecule has 6 nitrogen and oxygen atoms in total. The van der Waals surface area contributed by atoms with Crippen LogP contribution in [0.2, 0.25) is 0 Å². The van der Waals surface area contributed by atoms with Crippen molar-refractivity contribution in [3.8, 4) is 11.5 Å². The Kier molecular flexibility index (Phi) is 5.03. The Hall–Kier alpha value is -2.54. The van der Waals surface area contributed by atoms with Crippen LogP contribution in [0.5, 0.6) is 11.5 Å². The summed E-state index contributed by atoms with van der Waals surface area (Å²) in [5.41, 5.74) is 1.44. The summed E-state index contributed by atoms with van der Waals surface area (Å²) in [4.78, 5) is 26.7. The van der Waals surface area contributed by atoms with Crippen LogP contribution in [0, 0.1) is 5.92 Å². The third-order valence-corrected chi connectivity index (χ3v) is 5.18. The number of carbonyl (C=O) groups excluding carboxylic acids is 2. The van der Waals surface area contributed by atoms with Crippen LogP contribution in [0.1, 0.15) is 12.8 Å². The lowest BCUT2D eigenvalue weighted by atomic mass is 10.1. The van der Waals surface area contributed by atoms with Gasteiger partial charge in [0.05, 0.1) is 19.1 Å². The number of amides is 2. The zero-order valence-electron chi connectivity index (χ0n) is 14.6. The van der Waals surface area contributed by atoms with Crippen molar-refractivity contribution in [1.29, 1.82) is 0 Å². The average Bonchev–Trinajstić information content (AvgIpc) is 2.90. The summed E-state index contributed by atoms with van der Waals surface area (Å²) in [7, 11) is 0. The first-order valence-corrected chi connectivity index (χ1v) is 9.66. The summed E-state index contributed by atoms with van der Waals surface area (Å²) in [6.07, 6.45) is 1.03. The Bertz CT molecular complexity index is 869. The molecule has 140 valence electrons. The van der Waals surface area contributed by atoms with Gasteiger partial charge in [-0.1, -0.05) is 15.9 Å². The maximum Gasteiger partial charge on any atom is 0.229 e. The fourth-order valence-electron chi connectivity index (χ4n) is 3.24. The van der Waals surface area contributed by atoms with Gasteiger partial charge in [-0.25, -0.2) is 0 Å². The van der Waals surface area contributed by atoms with Crippen LogP contribution < -0.4 is 19.7 Å². The van der Waals surface area contributed by atoms with E-state index in [0.717, 1.165) is 16.6 Å². The number of anilines is 2. The van der Waals surface area contributed by atoms with Crippen molar-refractivity contribution in [3.63, 3.8) is 0 Å². The summed E-state index contributed by atoms with van der Waals surface area (Å²) in [5.74, 6) is 0.706. The maximum atomic E-state index is 12.7. The van der Waals surface area contributed by atoms with Gasteiger partial charge in [0.15, 0.2) is 11.5 Å². The van der Waals surface area contributed by atoms with Gasteiger partial charge in [0.1, 0.15) is 0 Å². The molecule has 0 bridgehead atoms. The Balaban J connectivity index is 1.44. The van der Waals surface area contributed by atoms with Gasteiger partial charge in [-0.2, -0.15) is 0 Å². The van der Waals surface area contributed by atoms with Crippen LogP contribution in [0.3, 0.4) is 0 Å². The highest BCUT2D eigenvalue weighted by atomic mass is 79.9. The molecule has 7 heteroatoms. The molecule has 2 aliphatic heterocycles. The van der Waals surface area contributed by atoms with Crippen LogP contribution in [0.15, 0.2) is 46.9 Å². The molecule has 2 aromatic carbocycles. The quantitative estimate of drug-likeness (QED) is 0.807. The van der Waals surface area contributed by atoms with Gasteiger partial charge < -0.3 is 19.7 Å². The second kappa shape index (κ2) is 7.60. The Labute approximate surface area is 165 Å². The highest BCUT2D eigenvalue weighted by Gasteiger charge is 2.35. The van der Waals surface area contributed by atoms with Crippen LogP contribution in [0.4, 0.5) is 11.4 Å². The molecule has 0 aliphatic carbocycles. The van der Waals surface area contributed by atoms with Gasteiger partial charge in [0, 0.05) is 41.3 Å². The molecule has 2 aromatic rings. The van der Waals surface area contributed by atoms with Crippen molar-refractivity contribution in [2.24, 2.45) is 5.92 Å². The van der Waals surface area contributed by atoms with Gasteiger partial charge in [-0.15, -0.1) is 0 Å². The van der Waals surface area contributed by atoms with E-state index < -0.39 is 5.92 Å². The fourth-order valence-corrected chi connectivity index (χ4v) is 3.50. The topological polar surface area (TPSA) is 67.9 Å². The smallest absolute Gasteiger partial charge is 0.229 e. The van der Waals surface area contributed by atoms with Gasteiger partial charge in [0.25, 0.3) is 0 Å². The molecule has 0 aromatic heterocycles. The molecule has 4 rings (SSSR count). The number of halogens is 1. The first-order chi connectivity index (χ1) is 13.1. The van der Waals surface area contributed by atoms with E-state index in [1.54, 1.807) is 23.1 Å². The SMILES string of the molecule is O=C(Nc1ccc2c(c1)OCCCO2)C1CC(=O)N(c2ccc(Br)cc2)C1. The predicted octanol–water partition coefficient (Wildman–Crippen LogP) is 3.60. The Morgan fingerprint density at radius 2 is 1.81 bits per heavy atom. The fraction of sp³-hybridized carbons (Fsp3) is 0.300. The monoisotopic (exact) mass is 430 g/mol. The molecule has 2 amide bonds. The van der Waals surface area contributed by atoms with Crippen LogP contribution in [-0.4, -0.2) is 31.6 Å². The minimum atomic E-state index is -0.392. The lowest BCUT2D eigenvalue weighted by molar-refractivity contribution is -0.122. The first kappa shape index (κ1) is 17.9. The molecule has 1 N–H and O–H groups in total. The summed E-state index contributed by atoms with van der Waals surface area (Å²) in [5, 5.41) is 2.90. The number of nitrogens with zero attached hydrogens (tertiary/aromatic N) is 1. The van der Waals surface area contributed by atoms with E-state index in [2.05, 4.69) is 21.2 Å². The lowest BCUT2D eigenvalue weighted by Gasteiger charge is -2.17. The second-order valence-electron chi connectivity index (χ2n) is 6.58. The first-order valence-electron chi connectivity index (χ1n) is 8.86. The summed E-state index contributed by atoms with van der Waals surface area (Å²) in [6.45, 7) is 1.58. The van der Waals surface area contributed by atoms with E-state index in [9.17, 15) is 9.59 Å². The van der Waals surface area contributed by atoms with Crippen LogP contribution in [-0.2, 0) is 9.59 Å². The maximum absolute atomic E-state index is 12.7. The van der Waals surface area contributed by atoms with E-state index in [0.29, 0.717) is 36.9 Å². The summed E-state index contributed by atoms with van der Waals surface area (Å²) in [6, 6.07) is 12.8. The molecular formula is C20H19BrN2O4. The number of carbonyl (C=O) groups is 2. The number of benzene rings is 2. The number of hydrogen-bond donors (Lipinski definition) is 1. The van der Waals surface area contributed by atoms with E-state index >= 15 is 0 Å². The lowest BCUT2D eigenvalue weighted by Crippen LogP contribution is -2.28. The Morgan fingerprint density at radius 1 is 1.07 bits per heavy atom. The molecule has 1 saturated heterocycles. The summed E-state index contributed by atoms with van der Waals surface area (Å²) < 4.78 is 12.2. The number of rotatable bonds is 3. The average molecular weight is 431 g/mol. The molecule has 0 saturated carbocycles. The van der Waals surface area contributed by atoms with Crippen LogP contribution >= 0.6 is 15.9 Å². The van der Waals surface area contributed by atoms with Crippen molar-refractivity contribution < 1.29 is 19.1 Å². The van der Waals surface area contributed by atoms with E-state index in [1.807, 2.05) is 24.3 Å². The zero-order valence-corrected chi connectivity index (χ0v) is 16.2. The highest BCUT2D eigenvalue weighted by Crippen LogP contribution is 2.33. The minimum Gasteiger partial charge on any atom is -0.490 e. The third kappa shape index (κ3) is 3.93. The summed E-state index contributed by atoms with van der Waals surface area (Å²) >= 11 is 3.39. The van der Waals surface area contributed by atoms with Crippen molar-refractivity contribution in [2.75, 3.05) is 30.0 Å². The van der Waals surface area contributed by atoms with E-state index in [-0.39, 0.29) is 18.2 Å². The molecule has 2 aliphatic rings. The number of fused-ring (bicyclic) bond motifs is 1. The van der Waals surface area contributed by atoms with Gasteiger partial charge in [-0.05, 0) is 36.4 Å². The van der Waals surface area contributed by atoms with Crippen molar-refractivity contribution in [1.82, 2.24) is 0 Å². The molecular weight excluding hydrogens is 412 g/mol. The molecule has 1 unspecified atom stereocenters. The van der Waals surface area contributed by atoms with Gasteiger partial charge in [-0.3, -0.25) is 9.59 Å². The van der Waals surface area contributed by atoms with E-state index in [4.69, 9.17) is 9.47 Å². The molecule has 0 spiro atoms. The van der Waals surface area contributed by atoms with Crippen LogP contribution in [0.25, 0.3) is 0 Å². The second-order valence-corrected chi connectivity index (χ2v) is 7.50. The number of hydrogen-bond acceptors (Lipinski definition) is 4. The van der Waals surface area contributed by atoms with Crippen molar-refractivity contribution >= 4 is 39.1 Å². The predicted molar refractivity (Wildman–Crippen MR) is 105 cm³/mol. The molecule has 1 atom stereocenters. The largest absolute Gasteiger partial charge is 0.490 e. The normalized spacial score (nSPS) is 18.9. The van der Waals surface area contributed by atoms with Gasteiger partial charge in [0.2, 0.25) is 11.8 Å². The molecule has 1 fully saturated rings. The molecule has 27 heavy (non-hydrogen) atoms. The molecule has 0 radical (unpaired) electrons. The Morgan fingerprint density at radius 3 is 2.59 bits per heavy atom. The van der Waals surface area contributed by atoms with Gasteiger partial charge >= 0.3 is 0 Å². The standard InChI is InChI=1S/C20H19BrN2O4/c21-14-2-5-16(6-3-14)23-12-13(10-19(23)24)20(25)22-15-4-7-17-18(11-15)27-9-1-8-26-17/h2-7,11,13H,1,8-10,12H2,(H,22,25).